The van der Waals surface area contributed by atoms with Crippen molar-refractivity contribution < 1.29 is 8.81 Å². The normalized spacial score (nSPS) is 11.3. The van der Waals surface area contributed by atoms with E-state index in [0.29, 0.717) is 16.2 Å². The number of rotatable bonds is 1. The van der Waals surface area contributed by atoms with Crippen molar-refractivity contribution in [3.63, 3.8) is 0 Å². The summed E-state index contributed by atoms with van der Waals surface area (Å²) in [5.74, 6) is -0.279. The maximum atomic E-state index is 14.0. The lowest BCUT2D eigenvalue weighted by atomic mass is 10.0. The van der Waals surface area contributed by atoms with Crippen LogP contribution in [0.15, 0.2) is 65.1 Å². The molecule has 0 N–H and O–H groups in total. The van der Waals surface area contributed by atoms with Gasteiger partial charge in [-0.25, -0.2) is 4.39 Å². The first-order chi connectivity index (χ1) is 10.2. The van der Waals surface area contributed by atoms with Crippen molar-refractivity contribution in [1.82, 2.24) is 0 Å². The van der Waals surface area contributed by atoms with Gasteiger partial charge in [-0.1, -0.05) is 41.9 Å². The van der Waals surface area contributed by atoms with Crippen molar-refractivity contribution >= 4 is 33.5 Å². The molecule has 4 rings (SSSR count). The monoisotopic (exact) mass is 296 g/mol. The molecule has 102 valence electrons. The van der Waals surface area contributed by atoms with Gasteiger partial charge in [0, 0.05) is 27.4 Å². The highest BCUT2D eigenvalue weighted by Crippen LogP contribution is 2.37. The van der Waals surface area contributed by atoms with Crippen molar-refractivity contribution in [2.45, 2.75) is 0 Å². The minimum atomic E-state index is -0.279. The van der Waals surface area contributed by atoms with E-state index in [9.17, 15) is 4.39 Å². The number of hydrogen-bond acceptors (Lipinski definition) is 1. The van der Waals surface area contributed by atoms with Crippen LogP contribution in [0.5, 0.6) is 0 Å². The maximum absolute atomic E-state index is 14.0. The molecule has 1 heterocycles. The highest BCUT2D eigenvalue weighted by molar-refractivity contribution is 6.31. The minimum absolute atomic E-state index is 0.279. The molecule has 0 fully saturated rings. The van der Waals surface area contributed by atoms with E-state index in [4.69, 9.17) is 16.0 Å². The van der Waals surface area contributed by atoms with Crippen LogP contribution in [0.4, 0.5) is 4.39 Å². The zero-order valence-electron chi connectivity index (χ0n) is 10.9. The molecule has 0 unspecified atom stereocenters. The SMILES string of the molecule is Fc1cc(-c2ccccc2)c2oc3cc(Cl)ccc3c2c1. The average Bonchev–Trinajstić information content (AvgIpc) is 2.84. The molecule has 1 nitrogen and oxygen atoms in total. The zero-order chi connectivity index (χ0) is 14.4. The van der Waals surface area contributed by atoms with E-state index in [2.05, 4.69) is 0 Å². The van der Waals surface area contributed by atoms with Gasteiger partial charge in [0.15, 0.2) is 0 Å². The van der Waals surface area contributed by atoms with Gasteiger partial charge in [0.1, 0.15) is 17.0 Å². The summed E-state index contributed by atoms with van der Waals surface area (Å²) in [5, 5.41) is 2.23. The maximum Gasteiger partial charge on any atom is 0.143 e. The Morgan fingerprint density at radius 2 is 1.67 bits per heavy atom. The molecule has 0 saturated carbocycles. The number of fused-ring (bicyclic) bond motifs is 3. The summed E-state index contributed by atoms with van der Waals surface area (Å²) >= 11 is 6.00. The van der Waals surface area contributed by atoms with E-state index in [1.165, 1.54) is 12.1 Å². The Balaban J connectivity index is 2.14. The molecular weight excluding hydrogens is 287 g/mol. The first-order valence-corrected chi connectivity index (χ1v) is 6.97. The molecule has 0 spiro atoms. The van der Waals surface area contributed by atoms with Crippen molar-refractivity contribution in [3.05, 3.63) is 71.5 Å². The average molecular weight is 297 g/mol. The van der Waals surface area contributed by atoms with E-state index in [1.54, 1.807) is 12.1 Å². The van der Waals surface area contributed by atoms with Crippen LogP contribution in [0.1, 0.15) is 0 Å². The van der Waals surface area contributed by atoms with E-state index < -0.39 is 0 Å². The Bertz CT molecular complexity index is 957. The van der Waals surface area contributed by atoms with E-state index >= 15 is 0 Å². The fraction of sp³-hybridized carbons (Fsp3) is 0. The second-order valence-corrected chi connectivity index (χ2v) is 5.38. The molecule has 0 amide bonds. The van der Waals surface area contributed by atoms with Gasteiger partial charge in [0.05, 0.1) is 0 Å². The van der Waals surface area contributed by atoms with Crippen molar-refractivity contribution in [1.29, 1.82) is 0 Å². The highest BCUT2D eigenvalue weighted by atomic mass is 35.5. The molecule has 3 aromatic carbocycles. The van der Waals surface area contributed by atoms with Gasteiger partial charge in [0.25, 0.3) is 0 Å². The molecule has 0 bridgehead atoms. The summed E-state index contributed by atoms with van der Waals surface area (Å²) in [6.07, 6.45) is 0. The molecule has 0 atom stereocenters. The predicted molar refractivity (Wildman–Crippen MR) is 84.1 cm³/mol. The molecule has 4 aromatic rings. The second-order valence-electron chi connectivity index (χ2n) is 4.94. The lowest BCUT2D eigenvalue weighted by molar-refractivity contribution is 0.627. The van der Waals surface area contributed by atoms with Gasteiger partial charge in [-0.05, 0) is 29.8 Å². The van der Waals surface area contributed by atoms with Gasteiger partial charge < -0.3 is 4.42 Å². The summed E-state index contributed by atoms with van der Waals surface area (Å²) in [7, 11) is 0. The van der Waals surface area contributed by atoms with Crippen LogP contribution in [-0.2, 0) is 0 Å². The zero-order valence-corrected chi connectivity index (χ0v) is 11.7. The molecule has 1 aromatic heterocycles. The molecule has 21 heavy (non-hydrogen) atoms. The Morgan fingerprint density at radius 3 is 2.48 bits per heavy atom. The van der Waals surface area contributed by atoms with Crippen molar-refractivity contribution in [2.75, 3.05) is 0 Å². The molecular formula is C18H10ClFO. The summed E-state index contributed by atoms with van der Waals surface area (Å²) < 4.78 is 19.9. The standard InChI is InChI=1S/C18H10ClFO/c19-12-6-7-14-16-10-13(20)9-15(11-4-2-1-3-5-11)18(16)21-17(14)8-12/h1-10H. The van der Waals surface area contributed by atoms with Crippen LogP contribution in [0.25, 0.3) is 33.1 Å². The second kappa shape index (κ2) is 4.61. The van der Waals surface area contributed by atoms with Gasteiger partial charge in [0.2, 0.25) is 0 Å². The largest absolute Gasteiger partial charge is 0.455 e. The van der Waals surface area contributed by atoms with Crippen LogP contribution in [-0.4, -0.2) is 0 Å². The number of hydrogen-bond donors (Lipinski definition) is 0. The van der Waals surface area contributed by atoms with Gasteiger partial charge in [-0.2, -0.15) is 0 Å². The summed E-state index contributed by atoms with van der Waals surface area (Å²) in [6.45, 7) is 0. The molecule has 0 radical (unpaired) electrons. The number of furan rings is 1. The first kappa shape index (κ1) is 12.4. The molecule has 0 saturated heterocycles. The third-order valence-electron chi connectivity index (χ3n) is 3.58. The van der Waals surface area contributed by atoms with Crippen LogP contribution < -0.4 is 0 Å². The van der Waals surface area contributed by atoms with Crippen LogP contribution in [0.3, 0.4) is 0 Å². The number of benzene rings is 3. The third kappa shape index (κ3) is 1.99. The molecule has 3 heteroatoms. The fourth-order valence-electron chi connectivity index (χ4n) is 2.65. The van der Waals surface area contributed by atoms with Gasteiger partial charge in [-0.15, -0.1) is 0 Å². The molecule has 0 aliphatic heterocycles. The quantitative estimate of drug-likeness (QED) is 0.417. The fourth-order valence-corrected chi connectivity index (χ4v) is 2.81. The Hall–Kier alpha value is -2.32. The Kier molecular flexibility index (Phi) is 2.72. The topological polar surface area (TPSA) is 13.1 Å². The van der Waals surface area contributed by atoms with E-state index in [-0.39, 0.29) is 5.82 Å². The lowest BCUT2D eigenvalue weighted by Crippen LogP contribution is -1.81. The van der Waals surface area contributed by atoms with Crippen molar-refractivity contribution in [3.8, 4) is 11.1 Å². The predicted octanol–water partition coefficient (Wildman–Crippen LogP) is 6.05. The van der Waals surface area contributed by atoms with Crippen molar-refractivity contribution in [2.24, 2.45) is 0 Å². The van der Waals surface area contributed by atoms with Crippen LogP contribution in [0, 0.1) is 5.82 Å². The van der Waals surface area contributed by atoms with Crippen LogP contribution in [0.2, 0.25) is 5.02 Å². The minimum Gasteiger partial charge on any atom is -0.455 e. The van der Waals surface area contributed by atoms with E-state index in [0.717, 1.165) is 21.9 Å². The highest BCUT2D eigenvalue weighted by Gasteiger charge is 2.14. The Labute approximate surface area is 125 Å². The van der Waals surface area contributed by atoms with Gasteiger partial charge >= 0.3 is 0 Å². The van der Waals surface area contributed by atoms with E-state index in [1.807, 2.05) is 36.4 Å². The van der Waals surface area contributed by atoms with Crippen LogP contribution >= 0.6 is 11.6 Å². The summed E-state index contributed by atoms with van der Waals surface area (Å²) in [5.41, 5.74) is 3.02. The van der Waals surface area contributed by atoms with Gasteiger partial charge in [-0.3, -0.25) is 0 Å². The lowest BCUT2D eigenvalue weighted by Gasteiger charge is -2.02. The smallest absolute Gasteiger partial charge is 0.143 e. The summed E-state index contributed by atoms with van der Waals surface area (Å²) in [6, 6.07) is 18.1. The molecule has 0 aliphatic rings. The summed E-state index contributed by atoms with van der Waals surface area (Å²) in [4.78, 5) is 0. The molecule has 0 aliphatic carbocycles. The third-order valence-corrected chi connectivity index (χ3v) is 3.82. The first-order valence-electron chi connectivity index (χ1n) is 6.59. The number of halogens is 2. The Morgan fingerprint density at radius 1 is 0.857 bits per heavy atom.